The van der Waals surface area contributed by atoms with Crippen molar-refractivity contribution >= 4 is 12.3 Å². The summed E-state index contributed by atoms with van der Waals surface area (Å²) in [4.78, 5) is 28.8. The summed E-state index contributed by atoms with van der Waals surface area (Å²) in [6.07, 6.45) is 10.6. The molecule has 0 aromatic heterocycles. The van der Waals surface area contributed by atoms with Gasteiger partial charge in [-0.05, 0) is 55.8 Å². The third-order valence-corrected chi connectivity index (χ3v) is 10.8. The van der Waals surface area contributed by atoms with Crippen LogP contribution in [0.1, 0.15) is 59.8 Å². The van der Waals surface area contributed by atoms with Gasteiger partial charge >= 0.3 is 5.97 Å². The first-order valence-electron chi connectivity index (χ1n) is 14.1. The van der Waals surface area contributed by atoms with E-state index in [-0.39, 0.29) is 30.5 Å². The van der Waals surface area contributed by atoms with Crippen molar-refractivity contribution in [2.24, 2.45) is 45.8 Å². The molecule has 0 aromatic rings. The smallest absolute Gasteiger partial charge is 0.315 e. The molecule has 3 saturated carbocycles. The number of hydrogen-bond acceptors (Lipinski definition) is 6. The zero-order valence-corrected chi connectivity index (χ0v) is 22.7. The number of allylic oxidation sites excluding steroid dienone is 1. The first-order valence-corrected chi connectivity index (χ1v) is 14.1. The summed E-state index contributed by atoms with van der Waals surface area (Å²) in [5.74, 6) is 2.55. The summed E-state index contributed by atoms with van der Waals surface area (Å²) in [5, 5.41) is 22.2. The Morgan fingerprint density at radius 1 is 1.32 bits per heavy atom. The van der Waals surface area contributed by atoms with E-state index in [0.717, 1.165) is 31.1 Å². The Hall–Kier alpha value is -1.72. The van der Waals surface area contributed by atoms with Gasteiger partial charge in [0.1, 0.15) is 17.8 Å². The highest BCUT2D eigenvalue weighted by atomic mass is 16.7. The first kappa shape index (κ1) is 26.9. The third-order valence-electron chi connectivity index (χ3n) is 10.8. The van der Waals surface area contributed by atoms with Crippen molar-refractivity contribution in [3.8, 4) is 12.3 Å². The van der Waals surface area contributed by atoms with Crippen molar-refractivity contribution in [1.29, 1.82) is 0 Å². The largest absolute Gasteiger partial charge is 0.481 e. The number of aliphatic carboxylic acids is 1. The van der Waals surface area contributed by atoms with Crippen molar-refractivity contribution < 1.29 is 29.3 Å². The van der Waals surface area contributed by atoms with Gasteiger partial charge in [-0.2, -0.15) is 0 Å². The number of hydrogen-bond donors (Lipinski definition) is 2. The molecule has 1 heterocycles. The van der Waals surface area contributed by atoms with Gasteiger partial charge in [-0.15, -0.1) is 12.3 Å². The molecule has 5 rings (SSSR count). The van der Waals surface area contributed by atoms with E-state index in [9.17, 15) is 19.8 Å². The number of carbonyl (C=O) groups excluding carboxylic acids is 1. The molecule has 3 unspecified atom stereocenters. The molecule has 4 aliphatic carbocycles. The lowest BCUT2D eigenvalue weighted by atomic mass is 9.43. The van der Waals surface area contributed by atoms with Gasteiger partial charge in [0, 0.05) is 31.5 Å². The Morgan fingerprint density at radius 3 is 2.73 bits per heavy atom. The van der Waals surface area contributed by atoms with Gasteiger partial charge in [0.15, 0.2) is 6.29 Å². The molecule has 10 atom stereocenters. The monoisotopic (exact) mass is 513 g/mol. The summed E-state index contributed by atoms with van der Waals surface area (Å²) in [7, 11) is 0. The molecule has 7 heteroatoms. The van der Waals surface area contributed by atoms with Gasteiger partial charge in [0.2, 0.25) is 0 Å². The van der Waals surface area contributed by atoms with Gasteiger partial charge < -0.3 is 24.5 Å². The van der Waals surface area contributed by atoms with Crippen LogP contribution in [0.15, 0.2) is 11.6 Å². The average Bonchev–Trinajstić information content (AvgIpc) is 3.37. The second kappa shape index (κ2) is 9.48. The molecule has 37 heavy (non-hydrogen) atoms. The minimum atomic E-state index is -1.29. The maximum Gasteiger partial charge on any atom is 0.315 e. The predicted octanol–water partition coefficient (Wildman–Crippen LogP) is 3.36. The Balaban J connectivity index is 1.51. The van der Waals surface area contributed by atoms with Gasteiger partial charge in [0.25, 0.3) is 0 Å². The van der Waals surface area contributed by atoms with E-state index in [2.05, 4.69) is 23.8 Å². The van der Waals surface area contributed by atoms with Crippen LogP contribution in [-0.4, -0.2) is 72.1 Å². The first-order chi connectivity index (χ1) is 17.6. The van der Waals surface area contributed by atoms with Crippen LogP contribution in [0.4, 0.5) is 0 Å². The molecule has 0 spiro atoms. The Morgan fingerprint density at radius 2 is 2.08 bits per heavy atom. The van der Waals surface area contributed by atoms with Crippen molar-refractivity contribution in [1.82, 2.24) is 4.90 Å². The van der Waals surface area contributed by atoms with Crippen LogP contribution in [0.2, 0.25) is 0 Å². The van der Waals surface area contributed by atoms with Crippen LogP contribution in [0.5, 0.6) is 0 Å². The second-order valence-electron chi connectivity index (χ2n) is 12.9. The van der Waals surface area contributed by atoms with E-state index in [1.165, 1.54) is 0 Å². The van der Waals surface area contributed by atoms with Crippen LogP contribution in [0.3, 0.4) is 0 Å². The molecule has 4 bridgehead atoms. The minimum Gasteiger partial charge on any atom is -0.481 e. The number of aliphatic hydroxyl groups excluding tert-OH is 1. The van der Waals surface area contributed by atoms with Crippen LogP contribution in [-0.2, 0) is 19.1 Å². The molecule has 0 aromatic carbocycles. The summed E-state index contributed by atoms with van der Waals surface area (Å²) >= 11 is 0. The van der Waals surface area contributed by atoms with Crippen LogP contribution in [0, 0.1) is 58.2 Å². The fourth-order valence-electron chi connectivity index (χ4n) is 9.57. The van der Waals surface area contributed by atoms with E-state index < -0.39 is 34.6 Å². The minimum absolute atomic E-state index is 0.0138. The number of carbonyl (C=O) groups is 2. The highest BCUT2D eigenvalue weighted by Gasteiger charge is 2.84. The number of ether oxygens (including phenoxy) is 2. The van der Waals surface area contributed by atoms with E-state index in [1.807, 2.05) is 20.8 Å². The standard InChI is InChI=1S/C30H43NO6/c1-6-7-10-31-14-20(5)37-26(25(33)15-31)36-17-29-13-22-19(4)8-9-23(22)28(16-32)12-21(29)11-24(18(2)3)30(28,29)27(34)35/h1,11,16,18-23,25-26,33H,7-10,12-15,17H2,2-5H3,(H,34,35)/t19-,20-,21?,22-,23-,25+,26-,28?,29?,30+/m1/s1. The quantitative estimate of drug-likeness (QED) is 0.292. The summed E-state index contributed by atoms with van der Waals surface area (Å²) in [6, 6.07) is 0. The number of aldehydes is 1. The van der Waals surface area contributed by atoms with Gasteiger partial charge in [-0.3, -0.25) is 9.69 Å². The van der Waals surface area contributed by atoms with Crippen molar-refractivity contribution in [2.45, 2.75) is 78.3 Å². The molecular formula is C30H43NO6. The molecule has 5 aliphatic rings. The highest BCUT2D eigenvalue weighted by molar-refractivity contribution is 5.90. The van der Waals surface area contributed by atoms with Crippen molar-refractivity contribution in [3.05, 3.63) is 11.6 Å². The number of fused-ring (bicyclic) bond motifs is 2. The summed E-state index contributed by atoms with van der Waals surface area (Å²) in [6.45, 7) is 10.1. The zero-order chi connectivity index (χ0) is 26.8. The fraction of sp³-hybridized carbons (Fsp3) is 0.800. The molecule has 1 aliphatic heterocycles. The van der Waals surface area contributed by atoms with Crippen molar-refractivity contribution in [2.75, 3.05) is 26.2 Å². The maximum atomic E-state index is 13.6. The lowest BCUT2D eigenvalue weighted by Gasteiger charge is -2.58. The third kappa shape index (κ3) is 3.55. The van der Waals surface area contributed by atoms with E-state index >= 15 is 0 Å². The fourth-order valence-corrected chi connectivity index (χ4v) is 9.57. The summed E-state index contributed by atoms with van der Waals surface area (Å²) < 4.78 is 12.6. The molecule has 7 nitrogen and oxygen atoms in total. The number of nitrogens with zero attached hydrogens (tertiary/aromatic N) is 1. The van der Waals surface area contributed by atoms with E-state index in [0.29, 0.717) is 44.3 Å². The van der Waals surface area contributed by atoms with Gasteiger partial charge in [-0.25, -0.2) is 0 Å². The van der Waals surface area contributed by atoms with Gasteiger partial charge in [-0.1, -0.05) is 38.8 Å². The molecule has 0 amide bonds. The lowest BCUT2D eigenvalue weighted by molar-refractivity contribution is -0.235. The van der Waals surface area contributed by atoms with Crippen LogP contribution in [0.25, 0.3) is 0 Å². The van der Waals surface area contributed by atoms with E-state index in [1.54, 1.807) is 0 Å². The SMILES string of the molecule is C#CCCN1C[C@@H](C)O[C@@H](OCC23C[C@@H]4[C@H](C)CC[C@H]4C4(C=O)CC2C=C(C(C)C)[C@@]34C(=O)O)[C@@H](O)C1. The molecule has 2 N–H and O–H groups in total. The summed E-state index contributed by atoms with van der Waals surface area (Å²) in [5.41, 5.74) is -2.05. The van der Waals surface area contributed by atoms with E-state index in [4.69, 9.17) is 15.9 Å². The number of aliphatic hydroxyl groups is 1. The number of β-amino-alcohol motifs (C(OH)–C–C–N with tert-alkyl or cyclic N) is 1. The second-order valence-corrected chi connectivity index (χ2v) is 12.9. The van der Waals surface area contributed by atoms with Crippen LogP contribution < -0.4 is 0 Å². The lowest BCUT2D eigenvalue weighted by Crippen LogP contribution is -2.63. The molecule has 0 radical (unpaired) electrons. The molecule has 1 saturated heterocycles. The molecule has 4 fully saturated rings. The van der Waals surface area contributed by atoms with Crippen molar-refractivity contribution in [3.63, 3.8) is 0 Å². The molecule has 204 valence electrons. The number of rotatable bonds is 8. The van der Waals surface area contributed by atoms with Crippen LogP contribution >= 0.6 is 0 Å². The van der Waals surface area contributed by atoms with Gasteiger partial charge in [0.05, 0.1) is 18.1 Å². The number of terminal acetylenes is 1. The molecular weight excluding hydrogens is 470 g/mol. The predicted molar refractivity (Wildman–Crippen MR) is 138 cm³/mol. The average molecular weight is 514 g/mol. The maximum absolute atomic E-state index is 13.6. The topological polar surface area (TPSA) is 96.3 Å². The highest BCUT2D eigenvalue weighted by Crippen LogP contribution is 2.82. The Kier molecular flexibility index (Phi) is 6.89. The Bertz CT molecular complexity index is 1000. The number of carboxylic acid groups (broad SMARTS) is 1. The number of carboxylic acids is 1. The normalized spacial score (nSPS) is 46.8. The zero-order valence-electron chi connectivity index (χ0n) is 22.7. The Labute approximate surface area is 221 Å².